The van der Waals surface area contributed by atoms with Crippen molar-refractivity contribution < 1.29 is 12.8 Å². The molecule has 0 aliphatic carbocycles. The van der Waals surface area contributed by atoms with Crippen molar-refractivity contribution in [3.8, 4) is 0 Å². The molecule has 0 amide bonds. The molecule has 0 fully saturated rings. The molecule has 1 aromatic carbocycles. The predicted octanol–water partition coefficient (Wildman–Crippen LogP) is 1.64. The van der Waals surface area contributed by atoms with E-state index in [4.69, 9.17) is 0 Å². The van der Waals surface area contributed by atoms with E-state index in [0.717, 1.165) is 9.87 Å². The van der Waals surface area contributed by atoms with Crippen molar-refractivity contribution in [3.63, 3.8) is 0 Å². The maximum absolute atomic E-state index is 14.1. The first-order chi connectivity index (χ1) is 11.1. The first-order valence-corrected chi connectivity index (χ1v) is 8.69. The van der Waals surface area contributed by atoms with Gasteiger partial charge in [0.2, 0.25) is 0 Å². The van der Waals surface area contributed by atoms with Gasteiger partial charge in [-0.15, -0.1) is 0 Å². The maximum atomic E-state index is 14.1. The molecule has 0 saturated carbocycles. The number of anilines is 1. The van der Waals surface area contributed by atoms with Crippen LogP contribution < -0.4 is 10.3 Å². The zero-order valence-electron chi connectivity index (χ0n) is 14.0. The number of nitrogens with zero attached hydrogens (tertiary/aromatic N) is 2. The van der Waals surface area contributed by atoms with Crippen LogP contribution in [-0.2, 0) is 23.7 Å². The number of halogens is 1. The van der Waals surface area contributed by atoms with Crippen LogP contribution in [0.25, 0.3) is 0 Å². The summed E-state index contributed by atoms with van der Waals surface area (Å²) in [5.41, 5.74) is 1.52. The van der Waals surface area contributed by atoms with Crippen LogP contribution in [0.2, 0.25) is 0 Å². The number of aryl methyl sites for hydroxylation is 2. The zero-order chi connectivity index (χ0) is 18.1. The van der Waals surface area contributed by atoms with Gasteiger partial charge < -0.3 is 4.57 Å². The number of rotatable bonds is 5. The van der Waals surface area contributed by atoms with Gasteiger partial charge in [-0.25, -0.2) is 4.39 Å². The lowest BCUT2D eigenvalue weighted by Gasteiger charge is -2.17. The Kier molecular flexibility index (Phi) is 5.10. The van der Waals surface area contributed by atoms with Gasteiger partial charge in [0.1, 0.15) is 5.82 Å². The highest BCUT2D eigenvalue weighted by atomic mass is 32.2. The molecule has 0 saturated heterocycles. The Hall–Kier alpha value is -2.19. The fraction of sp³-hybridized carbons (Fsp3) is 0.312. The van der Waals surface area contributed by atoms with Gasteiger partial charge in [-0.3, -0.25) is 9.52 Å². The van der Waals surface area contributed by atoms with E-state index in [9.17, 15) is 17.6 Å². The van der Waals surface area contributed by atoms with Crippen LogP contribution in [0.3, 0.4) is 0 Å². The van der Waals surface area contributed by atoms with Crippen LogP contribution in [0.15, 0.2) is 35.3 Å². The minimum absolute atomic E-state index is 0.105. The molecule has 8 heteroatoms. The van der Waals surface area contributed by atoms with E-state index in [1.807, 2.05) is 0 Å². The van der Waals surface area contributed by atoms with Gasteiger partial charge in [0.05, 0.1) is 5.69 Å². The largest absolute Gasteiger partial charge is 0.316 e. The molecule has 0 unspecified atom stereocenters. The smallest absolute Gasteiger partial charge is 0.301 e. The molecule has 0 radical (unpaired) electrons. The van der Waals surface area contributed by atoms with Crippen molar-refractivity contribution in [2.24, 2.45) is 7.05 Å². The fourth-order valence-electron chi connectivity index (χ4n) is 2.14. The molecular formula is C16H20FN3O3S. The third-order valence-corrected chi connectivity index (χ3v) is 5.06. The summed E-state index contributed by atoms with van der Waals surface area (Å²) in [6.07, 6.45) is 1.50. The van der Waals surface area contributed by atoms with Gasteiger partial charge in [-0.2, -0.15) is 12.7 Å². The molecule has 1 heterocycles. The lowest BCUT2D eigenvalue weighted by atomic mass is 10.0. The Bertz CT molecular complexity index is 921. The summed E-state index contributed by atoms with van der Waals surface area (Å²) in [7, 11) is 0.567. The van der Waals surface area contributed by atoms with Crippen molar-refractivity contribution in [2.75, 3.05) is 18.8 Å². The highest BCUT2D eigenvalue weighted by Crippen LogP contribution is 2.21. The molecule has 0 aliphatic heterocycles. The lowest BCUT2D eigenvalue weighted by Crippen LogP contribution is -2.30. The van der Waals surface area contributed by atoms with Gasteiger partial charge in [0.25, 0.3) is 5.56 Å². The molecule has 2 rings (SSSR count). The molecule has 0 atom stereocenters. The standard InChI is InChI=1S/C16H20FN3O3S/c1-11-5-6-12(14(17)7-11)8-13-9-16(21)20(4)10-15(13)18-24(22,23)19(2)3/h5-7,9-10,18H,8H2,1-4H3. The highest BCUT2D eigenvalue weighted by Gasteiger charge is 2.17. The second-order valence-electron chi connectivity index (χ2n) is 5.82. The summed E-state index contributed by atoms with van der Waals surface area (Å²) in [6, 6.07) is 6.11. The van der Waals surface area contributed by atoms with Crippen LogP contribution in [0.4, 0.5) is 10.1 Å². The van der Waals surface area contributed by atoms with E-state index in [-0.39, 0.29) is 17.7 Å². The van der Waals surface area contributed by atoms with E-state index in [1.54, 1.807) is 19.1 Å². The van der Waals surface area contributed by atoms with Crippen LogP contribution in [0, 0.1) is 12.7 Å². The number of nitrogens with one attached hydrogen (secondary N) is 1. The Balaban J connectivity index is 2.49. The molecule has 24 heavy (non-hydrogen) atoms. The molecule has 1 aromatic heterocycles. The normalized spacial score (nSPS) is 11.8. The number of hydrogen-bond donors (Lipinski definition) is 1. The van der Waals surface area contributed by atoms with E-state index in [1.165, 1.54) is 44.0 Å². The predicted molar refractivity (Wildman–Crippen MR) is 91.9 cm³/mol. The van der Waals surface area contributed by atoms with Crippen molar-refractivity contribution >= 4 is 15.9 Å². The van der Waals surface area contributed by atoms with Crippen LogP contribution in [0.1, 0.15) is 16.7 Å². The van der Waals surface area contributed by atoms with E-state index in [0.29, 0.717) is 11.1 Å². The molecule has 2 aromatic rings. The second kappa shape index (κ2) is 6.74. The van der Waals surface area contributed by atoms with E-state index >= 15 is 0 Å². The Morgan fingerprint density at radius 3 is 2.46 bits per heavy atom. The highest BCUT2D eigenvalue weighted by molar-refractivity contribution is 7.90. The van der Waals surface area contributed by atoms with E-state index < -0.39 is 16.0 Å². The quantitative estimate of drug-likeness (QED) is 0.888. The second-order valence-corrected chi connectivity index (χ2v) is 7.71. The van der Waals surface area contributed by atoms with Gasteiger partial charge in [0, 0.05) is 39.8 Å². The van der Waals surface area contributed by atoms with Gasteiger partial charge >= 0.3 is 10.2 Å². The average molecular weight is 353 g/mol. The minimum atomic E-state index is -3.74. The lowest BCUT2D eigenvalue weighted by molar-refractivity contribution is 0.526. The number of pyridine rings is 1. The molecule has 130 valence electrons. The third-order valence-electron chi connectivity index (χ3n) is 3.62. The van der Waals surface area contributed by atoms with Crippen LogP contribution in [-0.4, -0.2) is 31.4 Å². The summed E-state index contributed by atoms with van der Waals surface area (Å²) in [5.74, 6) is -0.392. The summed E-state index contributed by atoms with van der Waals surface area (Å²) in [4.78, 5) is 11.9. The fourth-order valence-corrected chi connectivity index (χ4v) is 2.78. The molecule has 1 N–H and O–H groups in total. The molecule has 0 aliphatic rings. The van der Waals surface area contributed by atoms with Crippen molar-refractivity contribution in [2.45, 2.75) is 13.3 Å². The first-order valence-electron chi connectivity index (χ1n) is 7.25. The van der Waals surface area contributed by atoms with Crippen LogP contribution >= 0.6 is 0 Å². The van der Waals surface area contributed by atoms with Crippen molar-refractivity contribution in [1.82, 2.24) is 8.87 Å². The summed E-state index contributed by atoms with van der Waals surface area (Å²) in [5, 5.41) is 0. The Morgan fingerprint density at radius 2 is 1.88 bits per heavy atom. The third kappa shape index (κ3) is 4.01. The minimum Gasteiger partial charge on any atom is -0.316 e. The number of benzene rings is 1. The molecule has 6 nitrogen and oxygen atoms in total. The Labute approximate surface area is 140 Å². The summed E-state index contributed by atoms with van der Waals surface area (Å²) >= 11 is 0. The molecule has 0 bridgehead atoms. The Morgan fingerprint density at radius 1 is 1.21 bits per heavy atom. The monoisotopic (exact) mass is 353 g/mol. The molecular weight excluding hydrogens is 333 g/mol. The van der Waals surface area contributed by atoms with Gasteiger partial charge in [-0.05, 0) is 29.7 Å². The SMILES string of the molecule is Cc1ccc(Cc2cc(=O)n(C)cc2NS(=O)(=O)N(C)C)c(F)c1. The molecule has 0 spiro atoms. The first kappa shape index (κ1) is 18.2. The summed E-state index contributed by atoms with van der Waals surface area (Å²) < 4.78 is 42.9. The number of aromatic nitrogens is 1. The maximum Gasteiger partial charge on any atom is 0.301 e. The summed E-state index contributed by atoms with van der Waals surface area (Å²) in [6.45, 7) is 1.78. The number of hydrogen-bond acceptors (Lipinski definition) is 3. The van der Waals surface area contributed by atoms with Crippen molar-refractivity contribution in [1.29, 1.82) is 0 Å². The van der Waals surface area contributed by atoms with Crippen molar-refractivity contribution in [3.05, 3.63) is 63.3 Å². The van der Waals surface area contributed by atoms with Crippen LogP contribution in [0.5, 0.6) is 0 Å². The van der Waals surface area contributed by atoms with Gasteiger partial charge in [0.15, 0.2) is 0 Å². The average Bonchev–Trinajstić information content (AvgIpc) is 2.46. The van der Waals surface area contributed by atoms with Gasteiger partial charge in [-0.1, -0.05) is 12.1 Å². The topological polar surface area (TPSA) is 71.4 Å². The zero-order valence-corrected chi connectivity index (χ0v) is 14.8. The van der Waals surface area contributed by atoms with E-state index in [2.05, 4.69) is 4.72 Å².